The van der Waals surface area contributed by atoms with Crippen molar-refractivity contribution < 1.29 is 13.9 Å². The summed E-state index contributed by atoms with van der Waals surface area (Å²) in [6.45, 7) is 4.38. The minimum atomic E-state index is -0.563. The molecule has 1 aliphatic rings. The number of carbonyl (C=O) groups is 1. The van der Waals surface area contributed by atoms with Crippen LogP contribution in [0.5, 0.6) is 0 Å². The van der Waals surface area contributed by atoms with Crippen LogP contribution in [0.25, 0.3) is 0 Å². The third-order valence-corrected chi connectivity index (χ3v) is 3.60. The van der Waals surface area contributed by atoms with Crippen LogP contribution in [0.15, 0.2) is 4.42 Å². The lowest BCUT2D eigenvalue weighted by molar-refractivity contribution is 0.0550. The molecule has 0 aromatic carbocycles. The molecule has 1 aliphatic carbocycles. The van der Waals surface area contributed by atoms with Crippen molar-refractivity contribution in [3.63, 3.8) is 0 Å². The van der Waals surface area contributed by atoms with Crippen molar-refractivity contribution in [1.29, 1.82) is 0 Å². The number of nitrogens with zero attached hydrogens (tertiary/aromatic N) is 2. The summed E-state index contributed by atoms with van der Waals surface area (Å²) in [5.74, 6) is 0.569. The van der Waals surface area contributed by atoms with Gasteiger partial charge in [0.05, 0.1) is 7.11 Å². The van der Waals surface area contributed by atoms with Gasteiger partial charge in [-0.25, -0.2) is 4.79 Å². The second-order valence-electron chi connectivity index (χ2n) is 5.49. The first-order chi connectivity index (χ1) is 8.57. The van der Waals surface area contributed by atoms with Crippen LogP contribution >= 0.6 is 0 Å². The Morgan fingerprint density at radius 3 is 2.61 bits per heavy atom. The zero-order valence-corrected chi connectivity index (χ0v) is 11.2. The molecule has 0 spiro atoms. The van der Waals surface area contributed by atoms with Gasteiger partial charge in [0.25, 0.3) is 0 Å². The summed E-state index contributed by atoms with van der Waals surface area (Å²) in [6, 6.07) is 0. The van der Waals surface area contributed by atoms with Gasteiger partial charge in [-0.05, 0) is 25.2 Å². The predicted molar refractivity (Wildman–Crippen MR) is 65.2 cm³/mol. The molecule has 0 amide bonds. The monoisotopic (exact) mass is 252 g/mol. The largest absolute Gasteiger partial charge is 0.462 e. The summed E-state index contributed by atoms with van der Waals surface area (Å²) in [5.41, 5.74) is -0.0343. The summed E-state index contributed by atoms with van der Waals surface area (Å²) in [6.07, 6.45) is 5.52. The summed E-state index contributed by atoms with van der Waals surface area (Å²) < 4.78 is 10.1. The van der Waals surface area contributed by atoms with Crippen LogP contribution in [-0.4, -0.2) is 23.3 Å². The fraction of sp³-hybridized carbons (Fsp3) is 0.769. The quantitative estimate of drug-likeness (QED) is 0.771. The molecule has 1 aromatic rings. The van der Waals surface area contributed by atoms with E-state index in [9.17, 15) is 4.79 Å². The topological polar surface area (TPSA) is 65.2 Å². The van der Waals surface area contributed by atoms with Crippen LogP contribution in [0.1, 0.15) is 62.5 Å². The first-order valence-corrected chi connectivity index (χ1v) is 6.50. The standard InChI is InChI=1S/C13H20N2O3/c1-9(2)8-13(6-4-5-7-13)12-15-14-10(18-12)11(16)17-3/h9H,4-8H2,1-3H3. The smallest absolute Gasteiger partial charge is 0.396 e. The molecule has 0 aliphatic heterocycles. The SMILES string of the molecule is COC(=O)c1nnc(C2(CC(C)C)CCCC2)o1. The lowest BCUT2D eigenvalue weighted by Gasteiger charge is -2.26. The van der Waals surface area contributed by atoms with Gasteiger partial charge in [-0.3, -0.25) is 0 Å². The van der Waals surface area contributed by atoms with E-state index < -0.39 is 5.97 Å². The summed E-state index contributed by atoms with van der Waals surface area (Å²) >= 11 is 0. The second kappa shape index (κ2) is 5.08. The van der Waals surface area contributed by atoms with Gasteiger partial charge >= 0.3 is 11.9 Å². The third-order valence-electron chi connectivity index (χ3n) is 3.60. The molecule has 2 rings (SSSR count). The number of esters is 1. The zero-order valence-electron chi connectivity index (χ0n) is 11.2. The molecule has 0 N–H and O–H groups in total. The number of hydrogen-bond acceptors (Lipinski definition) is 5. The van der Waals surface area contributed by atoms with Crippen LogP contribution in [0.4, 0.5) is 0 Å². The molecular formula is C13H20N2O3. The molecular weight excluding hydrogens is 232 g/mol. The maximum atomic E-state index is 11.3. The highest BCUT2D eigenvalue weighted by molar-refractivity contribution is 5.83. The fourth-order valence-corrected chi connectivity index (χ4v) is 2.95. The molecule has 0 bridgehead atoms. The first kappa shape index (κ1) is 13.1. The van der Waals surface area contributed by atoms with Crippen LogP contribution in [0.3, 0.4) is 0 Å². The van der Waals surface area contributed by atoms with Gasteiger partial charge in [0.1, 0.15) is 0 Å². The number of carbonyl (C=O) groups excluding carboxylic acids is 1. The lowest BCUT2D eigenvalue weighted by Crippen LogP contribution is -2.24. The Balaban J connectivity index is 2.26. The number of rotatable bonds is 4. The van der Waals surface area contributed by atoms with Crippen molar-refractivity contribution in [3.05, 3.63) is 11.8 Å². The molecule has 0 saturated heterocycles. The minimum absolute atomic E-state index is 0.0343. The molecule has 1 heterocycles. The van der Waals surface area contributed by atoms with Crippen molar-refractivity contribution in [2.75, 3.05) is 7.11 Å². The van der Waals surface area contributed by atoms with Crippen molar-refractivity contribution in [3.8, 4) is 0 Å². The van der Waals surface area contributed by atoms with Crippen LogP contribution in [0.2, 0.25) is 0 Å². The molecule has 5 heteroatoms. The highest BCUT2D eigenvalue weighted by atomic mass is 16.5. The van der Waals surface area contributed by atoms with E-state index in [0.29, 0.717) is 11.8 Å². The van der Waals surface area contributed by atoms with Crippen molar-refractivity contribution in [2.24, 2.45) is 5.92 Å². The van der Waals surface area contributed by atoms with Crippen LogP contribution < -0.4 is 0 Å². The number of hydrogen-bond donors (Lipinski definition) is 0. The van der Waals surface area contributed by atoms with Gasteiger partial charge in [0.2, 0.25) is 5.89 Å². The third kappa shape index (κ3) is 2.40. The highest BCUT2D eigenvalue weighted by Gasteiger charge is 2.41. The molecule has 0 radical (unpaired) electrons. The van der Waals surface area contributed by atoms with Crippen molar-refractivity contribution in [1.82, 2.24) is 10.2 Å². The molecule has 5 nitrogen and oxygen atoms in total. The Morgan fingerprint density at radius 2 is 2.06 bits per heavy atom. The van der Waals surface area contributed by atoms with E-state index in [1.807, 2.05) is 0 Å². The van der Waals surface area contributed by atoms with Gasteiger partial charge < -0.3 is 9.15 Å². The maximum Gasteiger partial charge on any atom is 0.396 e. The second-order valence-corrected chi connectivity index (χ2v) is 5.49. The van der Waals surface area contributed by atoms with Gasteiger partial charge in [0, 0.05) is 5.41 Å². The Hall–Kier alpha value is -1.39. The van der Waals surface area contributed by atoms with Gasteiger partial charge in [-0.1, -0.05) is 26.7 Å². The molecule has 1 aromatic heterocycles. The van der Waals surface area contributed by atoms with E-state index in [-0.39, 0.29) is 11.3 Å². The molecule has 18 heavy (non-hydrogen) atoms. The van der Waals surface area contributed by atoms with Crippen molar-refractivity contribution >= 4 is 5.97 Å². The minimum Gasteiger partial charge on any atom is -0.462 e. The van der Waals surface area contributed by atoms with E-state index in [0.717, 1.165) is 19.3 Å². The van der Waals surface area contributed by atoms with Crippen molar-refractivity contribution in [2.45, 2.75) is 51.4 Å². The van der Waals surface area contributed by atoms with E-state index >= 15 is 0 Å². The molecule has 0 atom stereocenters. The van der Waals surface area contributed by atoms with Crippen LogP contribution in [0, 0.1) is 5.92 Å². The molecule has 1 saturated carbocycles. The summed E-state index contributed by atoms with van der Waals surface area (Å²) in [4.78, 5) is 11.3. The maximum absolute atomic E-state index is 11.3. The lowest BCUT2D eigenvalue weighted by atomic mass is 9.78. The van der Waals surface area contributed by atoms with E-state index in [1.165, 1.54) is 20.0 Å². The highest BCUT2D eigenvalue weighted by Crippen LogP contribution is 2.44. The van der Waals surface area contributed by atoms with E-state index in [4.69, 9.17) is 4.42 Å². The molecule has 100 valence electrons. The zero-order chi connectivity index (χ0) is 13.2. The normalized spacial score (nSPS) is 18.2. The number of ether oxygens (including phenoxy) is 1. The predicted octanol–water partition coefficient (Wildman–Crippen LogP) is 2.71. The average Bonchev–Trinajstić information content (AvgIpc) is 2.96. The van der Waals surface area contributed by atoms with Gasteiger partial charge in [-0.15, -0.1) is 10.2 Å². The molecule has 0 unspecified atom stereocenters. The Labute approximate surface area is 107 Å². The summed E-state index contributed by atoms with van der Waals surface area (Å²) in [7, 11) is 1.31. The summed E-state index contributed by atoms with van der Waals surface area (Å²) in [5, 5.41) is 7.87. The Morgan fingerprint density at radius 1 is 1.39 bits per heavy atom. The van der Waals surface area contributed by atoms with E-state index in [2.05, 4.69) is 28.8 Å². The Bertz CT molecular complexity index is 420. The molecule has 1 fully saturated rings. The fourth-order valence-electron chi connectivity index (χ4n) is 2.95. The van der Waals surface area contributed by atoms with E-state index in [1.54, 1.807) is 0 Å². The van der Waals surface area contributed by atoms with Gasteiger partial charge in [-0.2, -0.15) is 0 Å². The average molecular weight is 252 g/mol. The number of aromatic nitrogens is 2. The Kier molecular flexibility index (Phi) is 3.68. The van der Waals surface area contributed by atoms with Crippen LogP contribution in [-0.2, 0) is 10.2 Å². The number of methoxy groups -OCH3 is 1. The first-order valence-electron chi connectivity index (χ1n) is 6.50. The van der Waals surface area contributed by atoms with Gasteiger partial charge in [0.15, 0.2) is 0 Å².